The Morgan fingerprint density at radius 1 is 0.893 bits per heavy atom. The van der Waals surface area contributed by atoms with Gasteiger partial charge in [0.15, 0.2) is 0 Å². The van der Waals surface area contributed by atoms with Crippen LogP contribution in [0.1, 0.15) is 11.1 Å². The second-order valence-electron chi connectivity index (χ2n) is 6.12. The molecule has 3 aromatic rings. The van der Waals surface area contributed by atoms with E-state index in [0.29, 0.717) is 22.1 Å². The smallest absolute Gasteiger partial charge is 0.266 e. The second kappa shape index (κ2) is 8.03. The summed E-state index contributed by atoms with van der Waals surface area (Å²) in [4.78, 5) is 19.5. The van der Waals surface area contributed by atoms with E-state index < -0.39 is 0 Å². The van der Waals surface area contributed by atoms with Crippen LogP contribution in [0.3, 0.4) is 0 Å². The van der Waals surface area contributed by atoms with E-state index in [9.17, 15) is 4.79 Å². The van der Waals surface area contributed by atoms with Gasteiger partial charge in [-0.3, -0.25) is 9.69 Å². The predicted molar refractivity (Wildman–Crippen MR) is 122 cm³/mol. The maximum atomic E-state index is 13.3. The first-order valence-corrected chi connectivity index (χ1v) is 10.4. The molecule has 0 N–H and O–H groups in total. The number of anilines is 1. The van der Waals surface area contributed by atoms with Crippen molar-refractivity contribution in [3.05, 3.63) is 104 Å². The van der Waals surface area contributed by atoms with E-state index in [1.807, 2.05) is 66.7 Å². The van der Waals surface area contributed by atoms with E-state index in [4.69, 9.17) is 11.6 Å². The molecule has 1 heterocycles. The van der Waals surface area contributed by atoms with Gasteiger partial charge in [-0.2, -0.15) is 0 Å². The molecule has 0 spiro atoms. The number of rotatable bonds is 3. The zero-order valence-corrected chi connectivity index (χ0v) is 18.4. The van der Waals surface area contributed by atoms with Crippen molar-refractivity contribution in [3.63, 3.8) is 0 Å². The van der Waals surface area contributed by atoms with E-state index in [2.05, 4.69) is 36.9 Å². The first kappa shape index (κ1) is 19.1. The Kier molecular flexibility index (Phi) is 5.49. The van der Waals surface area contributed by atoms with Crippen molar-refractivity contribution in [1.82, 2.24) is 0 Å². The van der Waals surface area contributed by atoms with Crippen LogP contribution in [-0.4, -0.2) is 11.7 Å². The number of benzene rings is 3. The summed E-state index contributed by atoms with van der Waals surface area (Å²) in [6, 6.07) is 22.6. The summed E-state index contributed by atoms with van der Waals surface area (Å²) in [7, 11) is 0. The summed E-state index contributed by atoms with van der Waals surface area (Å²) in [5, 5.41) is 0.541. The molecule has 0 aliphatic carbocycles. The van der Waals surface area contributed by atoms with Crippen LogP contribution < -0.4 is 4.90 Å². The fourth-order valence-electron chi connectivity index (χ4n) is 2.91. The van der Waals surface area contributed by atoms with Crippen LogP contribution >= 0.6 is 43.5 Å². The van der Waals surface area contributed by atoms with E-state index >= 15 is 0 Å². The maximum absolute atomic E-state index is 13.3. The topological polar surface area (TPSA) is 32.7 Å². The van der Waals surface area contributed by atoms with Gasteiger partial charge < -0.3 is 0 Å². The number of nitrogens with zero attached hydrogens (tertiary/aromatic N) is 2. The highest BCUT2D eigenvalue weighted by Gasteiger charge is 2.33. The molecule has 0 atom stereocenters. The fourth-order valence-corrected chi connectivity index (χ4v) is 3.78. The minimum absolute atomic E-state index is 0.198. The first-order chi connectivity index (χ1) is 13.5. The molecule has 6 heteroatoms. The number of amidine groups is 1. The van der Waals surface area contributed by atoms with Crippen molar-refractivity contribution < 1.29 is 4.79 Å². The van der Waals surface area contributed by atoms with Crippen molar-refractivity contribution >= 4 is 67.0 Å². The summed E-state index contributed by atoms with van der Waals surface area (Å²) in [6.07, 6.45) is 1.78. The molecule has 1 amide bonds. The summed E-state index contributed by atoms with van der Waals surface area (Å²) in [6.45, 7) is 0. The SMILES string of the molecule is O=C1/C(=C\c2ccc(Br)cc2)N=C(c2ccccc2Cl)N1c1cccc(Br)c1. The Hall–Kier alpha value is -2.21. The number of carbonyl (C=O) groups excluding carboxylic acids is 1. The number of hydrogen-bond acceptors (Lipinski definition) is 2. The van der Waals surface area contributed by atoms with Crippen molar-refractivity contribution in [2.75, 3.05) is 4.90 Å². The normalized spacial score (nSPS) is 15.2. The second-order valence-corrected chi connectivity index (χ2v) is 8.36. The summed E-state index contributed by atoms with van der Waals surface area (Å²) >= 11 is 13.3. The molecule has 0 unspecified atom stereocenters. The Morgan fingerprint density at radius 2 is 1.64 bits per heavy atom. The van der Waals surface area contributed by atoms with Gasteiger partial charge in [0.05, 0.1) is 10.7 Å². The summed E-state index contributed by atoms with van der Waals surface area (Å²) < 4.78 is 1.85. The highest BCUT2D eigenvalue weighted by molar-refractivity contribution is 9.10. The third-order valence-electron chi connectivity index (χ3n) is 4.21. The third kappa shape index (κ3) is 3.83. The van der Waals surface area contributed by atoms with Crippen LogP contribution in [-0.2, 0) is 4.79 Å². The van der Waals surface area contributed by atoms with E-state index in [1.54, 1.807) is 17.0 Å². The molecule has 28 heavy (non-hydrogen) atoms. The lowest BCUT2D eigenvalue weighted by molar-refractivity contribution is -0.113. The Morgan fingerprint density at radius 3 is 2.36 bits per heavy atom. The molecule has 3 nitrogen and oxygen atoms in total. The Bertz CT molecular complexity index is 1120. The summed E-state index contributed by atoms with van der Waals surface area (Å²) in [5.74, 6) is 0.313. The number of hydrogen-bond donors (Lipinski definition) is 0. The third-order valence-corrected chi connectivity index (χ3v) is 5.57. The fraction of sp³-hybridized carbons (Fsp3) is 0. The molecule has 0 aromatic heterocycles. The van der Waals surface area contributed by atoms with Gasteiger partial charge in [0.1, 0.15) is 11.5 Å². The van der Waals surface area contributed by atoms with Gasteiger partial charge in [-0.1, -0.05) is 73.8 Å². The standard InChI is InChI=1S/C22H13Br2ClN2O/c23-15-10-8-14(9-11-15)12-20-22(28)27(17-5-3-4-16(24)13-17)21(26-20)18-6-1-2-7-19(18)25/h1-13H/b20-12+. The van der Waals surface area contributed by atoms with Crippen molar-refractivity contribution in [2.24, 2.45) is 4.99 Å². The predicted octanol–water partition coefficient (Wildman–Crippen LogP) is 6.70. The zero-order chi connectivity index (χ0) is 19.7. The maximum Gasteiger partial charge on any atom is 0.282 e. The van der Waals surface area contributed by atoms with Crippen LogP contribution in [0.25, 0.3) is 6.08 Å². The van der Waals surface area contributed by atoms with Crippen LogP contribution in [0.2, 0.25) is 5.02 Å². The molecule has 0 saturated carbocycles. The van der Waals surface area contributed by atoms with E-state index in [0.717, 1.165) is 20.2 Å². The van der Waals surface area contributed by atoms with Crippen LogP contribution in [0.15, 0.2) is 92.4 Å². The zero-order valence-electron chi connectivity index (χ0n) is 14.4. The van der Waals surface area contributed by atoms with Gasteiger partial charge >= 0.3 is 0 Å². The number of carbonyl (C=O) groups is 1. The number of aliphatic imine (C=N–C) groups is 1. The van der Waals surface area contributed by atoms with Crippen LogP contribution in [0, 0.1) is 0 Å². The number of amides is 1. The molecular formula is C22H13Br2ClN2O. The van der Waals surface area contributed by atoms with Crippen molar-refractivity contribution in [2.45, 2.75) is 0 Å². The molecular weight excluding hydrogens is 504 g/mol. The monoisotopic (exact) mass is 514 g/mol. The van der Waals surface area contributed by atoms with Gasteiger partial charge in [-0.05, 0) is 54.1 Å². The molecule has 1 aliphatic heterocycles. The van der Waals surface area contributed by atoms with Crippen molar-refractivity contribution in [1.29, 1.82) is 0 Å². The summed E-state index contributed by atoms with van der Waals surface area (Å²) in [5.41, 5.74) is 2.68. The Balaban J connectivity index is 1.85. The lowest BCUT2D eigenvalue weighted by Gasteiger charge is -2.19. The van der Waals surface area contributed by atoms with Gasteiger partial charge in [-0.25, -0.2) is 4.99 Å². The minimum Gasteiger partial charge on any atom is -0.266 e. The molecule has 1 aliphatic rings. The quantitative estimate of drug-likeness (QED) is 0.357. The minimum atomic E-state index is -0.198. The van der Waals surface area contributed by atoms with E-state index in [1.165, 1.54) is 0 Å². The average molecular weight is 517 g/mol. The highest BCUT2D eigenvalue weighted by Crippen LogP contribution is 2.31. The molecule has 138 valence electrons. The molecule has 3 aromatic carbocycles. The first-order valence-electron chi connectivity index (χ1n) is 8.44. The van der Waals surface area contributed by atoms with Crippen LogP contribution in [0.5, 0.6) is 0 Å². The Labute approximate surface area is 184 Å². The largest absolute Gasteiger partial charge is 0.282 e. The van der Waals surface area contributed by atoms with Crippen LogP contribution in [0.4, 0.5) is 5.69 Å². The van der Waals surface area contributed by atoms with E-state index in [-0.39, 0.29) is 5.91 Å². The lowest BCUT2D eigenvalue weighted by Crippen LogP contribution is -2.32. The van der Waals surface area contributed by atoms with Crippen molar-refractivity contribution in [3.8, 4) is 0 Å². The molecule has 0 bridgehead atoms. The number of halogens is 3. The lowest BCUT2D eigenvalue weighted by atomic mass is 10.1. The molecule has 0 saturated heterocycles. The molecule has 0 fully saturated rings. The average Bonchev–Trinajstić information content (AvgIpc) is 3.00. The van der Waals surface area contributed by atoms with Gasteiger partial charge in [0.2, 0.25) is 0 Å². The van der Waals surface area contributed by atoms with Gasteiger partial charge in [0, 0.05) is 14.5 Å². The van der Waals surface area contributed by atoms with Gasteiger partial charge in [-0.15, -0.1) is 0 Å². The van der Waals surface area contributed by atoms with Gasteiger partial charge in [0.25, 0.3) is 5.91 Å². The molecule has 0 radical (unpaired) electrons. The highest BCUT2D eigenvalue weighted by atomic mass is 79.9. The molecule has 4 rings (SSSR count).